The van der Waals surface area contributed by atoms with Gasteiger partial charge in [0, 0.05) is 6.20 Å². The number of nitrogens with zero attached hydrogens (tertiary/aromatic N) is 2. The van der Waals surface area contributed by atoms with Crippen LogP contribution in [0.1, 0.15) is 10.5 Å². The van der Waals surface area contributed by atoms with E-state index in [1.165, 1.54) is 18.3 Å². The number of amides is 1. The van der Waals surface area contributed by atoms with E-state index in [0.29, 0.717) is 5.69 Å². The van der Waals surface area contributed by atoms with E-state index in [-0.39, 0.29) is 5.69 Å². The van der Waals surface area contributed by atoms with Crippen molar-refractivity contribution in [1.82, 2.24) is 4.98 Å². The van der Waals surface area contributed by atoms with Crippen molar-refractivity contribution in [3.05, 3.63) is 35.4 Å². The molecule has 1 aromatic heterocycles. The third kappa shape index (κ3) is 1.52. The Bertz CT molecular complexity index is 309. The van der Waals surface area contributed by atoms with Crippen LogP contribution in [0.25, 0.3) is 4.85 Å². The molecule has 0 aromatic carbocycles. The Morgan fingerprint density at radius 2 is 2.36 bits per heavy atom. The number of carbonyl (C=O) groups is 1. The number of hydrogen-bond acceptors (Lipinski definition) is 2. The van der Waals surface area contributed by atoms with E-state index >= 15 is 0 Å². The molecule has 54 valence electrons. The van der Waals surface area contributed by atoms with Gasteiger partial charge in [-0.3, -0.25) is 9.78 Å². The molecule has 0 saturated carbocycles. The van der Waals surface area contributed by atoms with Gasteiger partial charge in [0.15, 0.2) is 0 Å². The average Bonchev–Trinajstić information content (AvgIpc) is 2.05. The smallest absolute Gasteiger partial charge is 0.267 e. The molecule has 1 rings (SSSR count). The first-order valence-electron chi connectivity index (χ1n) is 2.87. The first kappa shape index (κ1) is 7.22. The van der Waals surface area contributed by atoms with E-state index in [1.54, 1.807) is 0 Å². The molecule has 1 heterocycles. The highest BCUT2D eigenvalue weighted by Crippen LogP contribution is 2.08. The fourth-order valence-corrected chi connectivity index (χ4v) is 0.598. The van der Waals surface area contributed by atoms with Crippen LogP contribution in [0.3, 0.4) is 0 Å². The number of rotatable bonds is 1. The SMILES string of the molecule is [C-]#[N+]c1ccc(C(N)=O)nc1. The maximum absolute atomic E-state index is 10.5. The highest BCUT2D eigenvalue weighted by Gasteiger charge is 1.99. The molecular weight excluding hydrogens is 142 g/mol. The van der Waals surface area contributed by atoms with Gasteiger partial charge in [-0.1, -0.05) is 6.07 Å². The Balaban J connectivity index is 3.03. The van der Waals surface area contributed by atoms with Gasteiger partial charge in [0.2, 0.25) is 5.69 Å². The third-order valence-corrected chi connectivity index (χ3v) is 1.13. The zero-order chi connectivity index (χ0) is 8.27. The summed E-state index contributed by atoms with van der Waals surface area (Å²) in [6.45, 7) is 6.59. The van der Waals surface area contributed by atoms with Crippen molar-refractivity contribution in [2.24, 2.45) is 5.73 Å². The predicted molar refractivity (Wildman–Crippen MR) is 39.0 cm³/mol. The minimum Gasteiger partial charge on any atom is -0.364 e. The fraction of sp³-hybridized carbons (Fsp3) is 0. The standard InChI is InChI=1S/C7H5N3O/c1-9-5-2-3-6(7(8)11)10-4-5/h2-4H,(H2,8,11). The zero-order valence-corrected chi connectivity index (χ0v) is 5.61. The summed E-state index contributed by atoms with van der Waals surface area (Å²) in [5.41, 5.74) is 5.50. The van der Waals surface area contributed by atoms with E-state index < -0.39 is 5.91 Å². The van der Waals surface area contributed by atoms with Crippen LogP contribution in [-0.4, -0.2) is 10.9 Å². The second kappa shape index (κ2) is 2.80. The Hall–Kier alpha value is -1.89. The molecule has 1 aromatic rings. The molecule has 0 fully saturated rings. The lowest BCUT2D eigenvalue weighted by Crippen LogP contribution is -2.12. The minimum absolute atomic E-state index is 0.178. The van der Waals surface area contributed by atoms with Crippen LogP contribution in [0, 0.1) is 6.57 Å². The molecule has 0 aliphatic rings. The van der Waals surface area contributed by atoms with Gasteiger partial charge in [-0.15, -0.1) is 0 Å². The van der Waals surface area contributed by atoms with Crippen LogP contribution < -0.4 is 5.73 Å². The van der Waals surface area contributed by atoms with E-state index in [1.807, 2.05) is 0 Å². The second-order valence-electron chi connectivity index (χ2n) is 1.88. The van der Waals surface area contributed by atoms with E-state index in [4.69, 9.17) is 12.3 Å². The topological polar surface area (TPSA) is 60.3 Å². The maximum Gasteiger partial charge on any atom is 0.267 e. The molecule has 0 aliphatic heterocycles. The van der Waals surface area contributed by atoms with Crippen molar-refractivity contribution in [2.75, 3.05) is 0 Å². The quantitative estimate of drug-likeness (QED) is 0.595. The zero-order valence-electron chi connectivity index (χ0n) is 5.61. The monoisotopic (exact) mass is 147 g/mol. The molecule has 11 heavy (non-hydrogen) atoms. The summed E-state index contributed by atoms with van der Waals surface area (Å²) >= 11 is 0. The molecule has 0 atom stereocenters. The van der Waals surface area contributed by atoms with Gasteiger partial charge in [0.25, 0.3) is 5.91 Å². The van der Waals surface area contributed by atoms with Gasteiger partial charge in [0.05, 0.1) is 6.57 Å². The van der Waals surface area contributed by atoms with Gasteiger partial charge in [0.1, 0.15) is 5.69 Å². The van der Waals surface area contributed by atoms with Crippen molar-refractivity contribution < 1.29 is 4.79 Å². The van der Waals surface area contributed by atoms with Crippen LogP contribution in [0.4, 0.5) is 5.69 Å². The van der Waals surface area contributed by atoms with Crippen molar-refractivity contribution in [1.29, 1.82) is 0 Å². The van der Waals surface area contributed by atoms with Crippen LogP contribution in [0.15, 0.2) is 18.3 Å². The number of carbonyl (C=O) groups excluding carboxylic acids is 1. The number of hydrogen-bond donors (Lipinski definition) is 1. The molecule has 0 bridgehead atoms. The Kier molecular flexibility index (Phi) is 1.83. The van der Waals surface area contributed by atoms with Crippen molar-refractivity contribution in [3.63, 3.8) is 0 Å². The molecule has 0 spiro atoms. The summed E-state index contributed by atoms with van der Waals surface area (Å²) in [7, 11) is 0. The number of nitrogens with two attached hydrogens (primary N) is 1. The normalized spacial score (nSPS) is 8.64. The predicted octanol–water partition coefficient (Wildman–Crippen LogP) is 0.731. The van der Waals surface area contributed by atoms with Crippen LogP contribution in [0.5, 0.6) is 0 Å². The Morgan fingerprint density at radius 1 is 1.64 bits per heavy atom. The summed E-state index contributed by atoms with van der Waals surface area (Å²) in [5.74, 6) is -0.582. The highest BCUT2D eigenvalue weighted by molar-refractivity contribution is 5.90. The molecule has 1 amide bonds. The molecule has 0 unspecified atom stereocenters. The lowest BCUT2D eigenvalue weighted by Gasteiger charge is -1.91. The van der Waals surface area contributed by atoms with Crippen molar-refractivity contribution in [2.45, 2.75) is 0 Å². The van der Waals surface area contributed by atoms with Crippen LogP contribution >= 0.6 is 0 Å². The lowest BCUT2D eigenvalue weighted by atomic mass is 10.3. The summed E-state index contributed by atoms with van der Waals surface area (Å²) in [6.07, 6.45) is 1.31. The lowest BCUT2D eigenvalue weighted by molar-refractivity contribution is 0.0995. The fourth-order valence-electron chi connectivity index (χ4n) is 0.598. The molecule has 0 aliphatic carbocycles. The van der Waals surface area contributed by atoms with Gasteiger partial charge in [-0.05, 0) is 6.07 Å². The third-order valence-electron chi connectivity index (χ3n) is 1.13. The molecule has 2 N–H and O–H groups in total. The summed E-state index contributed by atoms with van der Waals surface area (Å²) < 4.78 is 0. The van der Waals surface area contributed by atoms with Crippen LogP contribution in [-0.2, 0) is 0 Å². The van der Waals surface area contributed by atoms with Crippen molar-refractivity contribution >= 4 is 11.6 Å². The van der Waals surface area contributed by atoms with Gasteiger partial charge in [-0.2, -0.15) is 0 Å². The number of primary amides is 1. The van der Waals surface area contributed by atoms with Gasteiger partial charge < -0.3 is 5.73 Å². The molecule has 0 radical (unpaired) electrons. The Labute approximate surface area is 63.5 Å². The molecule has 4 nitrogen and oxygen atoms in total. The highest BCUT2D eigenvalue weighted by atomic mass is 16.1. The van der Waals surface area contributed by atoms with E-state index in [9.17, 15) is 4.79 Å². The average molecular weight is 147 g/mol. The second-order valence-corrected chi connectivity index (χ2v) is 1.88. The summed E-state index contributed by atoms with van der Waals surface area (Å²) in [5, 5.41) is 0. The molecule has 0 saturated heterocycles. The largest absolute Gasteiger partial charge is 0.364 e. The maximum atomic E-state index is 10.5. The Morgan fingerprint density at radius 3 is 2.73 bits per heavy atom. The summed E-state index contributed by atoms with van der Waals surface area (Å²) in [4.78, 5) is 17.2. The van der Waals surface area contributed by atoms with Crippen molar-refractivity contribution in [3.8, 4) is 0 Å². The van der Waals surface area contributed by atoms with Crippen LogP contribution in [0.2, 0.25) is 0 Å². The molecule has 4 heteroatoms. The first-order chi connectivity index (χ1) is 5.24. The molecular formula is C7H5N3O. The number of pyridine rings is 1. The van der Waals surface area contributed by atoms with Gasteiger partial charge in [-0.25, -0.2) is 4.85 Å². The van der Waals surface area contributed by atoms with Gasteiger partial charge >= 0.3 is 0 Å². The van der Waals surface area contributed by atoms with E-state index in [2.05, 4.69) is 9.83 Å². The minimum atomic E-state index is -0.582. The number of aromatic nitrogens is 1. The van der Waals surface area contributed by atoms with E-state index in [0.717, 1.165) is 0 Å². The summed E-state index contributed by atoms with van der Waals surface area (Å²) in [6, 6.07) is 2.93. The first-order valence-corrected chi connectivity index (χ1v) is 2.87.